The van der Waals surface area contributed by atoms with Gasteiger partial charge < -0.3 is 10.2 Å². The number of nitrogens with zero attached hydrogens (tertiary/aromatic N) is 2. The Kier molecular flexibility index (Phi) is 7.10. The topological polar surface area (TPSA) is 45.2 Å². The van der Waals surface area contributed by atoms with Gasteiger partial charge in [0.15, 0.2) is 0 Å². The molecule has 1 aliphatic rings. The number of piperidine rings is 1. The van der Waals surface area contributed by atoms with E-state index in [1.54, 1.807) is 18.3 Å². The minimum Gasteiger partial charge on any atom is -0.338 e. The van der Waals surface area contributed by atoms with Crippen LogP contribution in [0.25, 0.3) is 0 Å². The van der Waals surface area contributed by atoms with Gasteiger partial charge in [-0.3, -0.25) is 4.98 Å². The van der Waals surface area contributed by atoms with Crippen molar-refractivity contribution in [2.45, 2.75) is 37.6 Å². The Morgan fingerprint density at radius 1 is 1.00 bits per heavy atom. The average Bonchev–Trinajstić information content (AvgIpc) is 2.82. The number of hydrogen-bond donors (Lipinski definition) is 1. The van der Waals surface area contributed by atoms with Gasteiger partial charge in [0.2, 0.25) is 0 Å². The summed E-state index contributed by atoms with van der Waals surface area (Å²) in [6.07, 6.45) is 4.65. The van der Waals surface area contributed by atoms with Gasteiger partial charge in [-0.25, -0.2) is 13.6 Å². The SMILES string of the molecule is O=C(NCCc1ccccn1)N1CCC(c2ccc(F)cc2)CC1Cc1ccc(F)cc1. The van der Waals surface area contributed by atoms with E-state index in [1.807, 2.05) is 35.2 Å². The monoisotopic (exact) mass is 435 g/mol. The van der Waals surface area contributed by atoms with E-state index in [-0.39, 0.29) is 29.6 Å². The maximum absolute atomic E-state index is 13.4. The van der Waals surface area contributed by atoms with Gasteiger partial charge in [-0.2, -0.15) is 0 Å². The number of nitrogens with one attached hydrogen (secondary N) is 1. The summed E-state index contributed by atoms with van der Waals surface area (Å²) in [6, 6.07) is 18.7. The lowest BCUT2D eigenvalue weighted by molar-refractivity contribution is 0.142. The zero-order valence-electron chi connectivity index (χ0n) is 17.9. The maximum atomic E-state index is 13.4. The summed E-state index contributed by atoms with van der Waals surface area (Å²) in [7, 11) is 0. The summed E-state index contributed by atoms with van der Waals surface area (Å²) < 4.78 is 26.7. The molecule has 3 aromatic rings. The van der Waals surface area contributed by atoms with E-state index in [4.69, 9.17) is 0 Å². The molecule has 1 fully saturated rings. The molecule has 0 spiro atoms. The van der Waals surface area contributed by atoms with Gasteiger partial charge in [0.1, 0.15) is 11.6 Å². The normalized spacial score (nSPS) is 18.4. The first-order chi connectivity index (χ1) is 15.6. The van der Waals surface area contributed by atoms with Crippen molar-refractivity contribution in [3.05, 3.63) is 101 Å². The van der Waals surface area contributed by atoms with Gasteiger partial charge in [-0.1, -0.05) is 30.3 Å². The third kappa shape index (κ3) is 5.69. The first-order valence-electron chi connectivity index (χ1n) is 11.0. The number of halogens is 2. The summed E-state index contributed by atoms with van der Waals surface area (Å²) >= 11 is 0. The van der Waals surface area contributed by atoms with E-state index in [1.165, 1.54) is 24.3 Å². The van der Waals surface area contributed by atoms with Crippen molar-refractivity contribution in [2.24, 2.45) is 0 Å². The van der Waals surface area contributed by atoms with Crippen LogP contribution in [-0.2, 0) is 12.8 Å². The van der Waals surface area contributed by atoms with Crippen molar-refractivity contribution in [3.8, 4) is 0 Å². The van der Waals surface area contributed by atoms with E-state index >= 15 is 0 Å². The van der Waals surface area contributed by atoms with Gasteiger partial charge in [-0.15, -0.1) is 0 Å². The predicted octanol–water partition coefficient (Wildman–Crippen LogP) is 5.10. The number of likely N-dealkylation sites (tertiary alicyclic amines) is 1. The number of carbonyl (C=O) groups excluding carboxylic acids is 1. The fourth-order valence-corrected chi connectivity index (χ4v) is 4.39. The summed E-state index contributed by atoms with van der Waals surface area (Å²) in [5.41, 5.74) is 3.01. The highest BCUT2D eigenvalue weighted by molar-refractivity contribution is 5.74. The number of amides is 2. The lowest BCUT2D eigenvalue weighted by atomic mass is 9.83. The number of aromatic nitrogens is 1. The molecule has 1 saturated heterocycles. The van der Waals surface area contributed by atoms with E-state index < -0.39 is 0 Å². The summed E-state index contributed by atoms with van der Waals surface area (Å²) in [4.78, 5) is 19.2. The van der Waals surface area contributed by atoms with E-state index in [2.05, 4.69) is 10.3 Å². The van der Waals surface area contributed by atoms with Crippen LogP contribution >= 0.6 is 0 Å². The first kappa shape index (κ1) is 21.9. The van der Waals surface area contributed by atoms with Gasteiger partial charge in [0.25, 0.3) is 0 Å². The number of pyridine rings is 1. The van der Waals surface area contributed by atoms with Crippen LogP contribution in [-0.4, -0.2) is 35.0 Å². The molecule has 4 rings (SSSR count). The molecule has 1 N–H and O–H groups in total. The molecule has 1 aliphatic heterocycles. The third-order valence-corrected chi connectivity index (χ3v) is 6.09. The molecule has 2 amide bonds. The number of hydrogen-bond acceptors (Lipinski definition) is 2. The molecule has 0 aliphatic carbocycles. The third-order valence-electron chi connectivity index (χ3n) is 6.09. The molecule has 2 atom stereocenters. The zero-order chi connectivity index (χ0) is 22.3. The van der Waals surface area contributed by atoms with Crippen LogP contribution in [0.5, 0.6) is 0 Å². The van der Waals surface area contributed by atoms with Crippen molar-refractivity contribution in [1.82, 2.24) is 15.2 Å². The second kappa shape index (κ2) is 10.4. The molecule has 166 valence electrons. The molecule has 2 unspecified atom stereocenters. The van der Waals surface area contributed by atoms with Crippen LogP contribution < -0.4 is 5.32 Å². The maximum Gasteiger partial charge on any atom is 0.317 e. The molecule has 2 aromatic carbocycles. The number of rotatable bonds is 6. The first-order valence-corrected chi connectivity index (χ1v) is 11.0. The largest absolute Gasteiger partial charge is 0.338 e. The standard InChI is InChI=1S/C26H27F2N3O/c27-22-8-4-19(5-9-22)17-25-18-21(20-6-10-23(28)11-7-20)13-16-31(25)26(32)30-15-12-24-3-1-2-14-29-24/h1-11,14,21,25H,12-13,15-18H2,(H,30,32). The van der Waals surface area contributed by atoms with Crippen LogP contribution in [0.3, 0.4) is 0 Å². The Hall–Kier alpha value is -3.28. The van der Waals surface area contributed by atoms with E-state index in [0.29, 0.717) is 25.9 Å². The molecule has 4 nitrogen and oxygen atoms in total. The van der Waals surface area contributed by atoms with Crippen molar-refractivity contribution in [1.29, 1.82) is 0 Å². The molecule has 6 heteroatoms. The number of urea groups is 1. The lowest BCUT2D eigenvalue weighted by Crippen LogP contribution is -2.51. The highest BCUT2D eigenvalue weighted by Gasteiger charge is 2.32. The summed E-state index contributed by atoms with van der Waals surface area (Å²) in [6.45, 7) is 1.13. The molecular formula is C26H27F2N3O. The summed E-state index contributed by atoms with van der Waals surface area (Å²) in [5, 5.41) is 3.03. The fourth-order valence-electron chi connectivity index (χ4n) is 4.39. The quantitative estimate of drug-likeness (QED) is 0.585. The summed E-state index contributed by atoms with van der Waals surface area (Å²) in [5.74, 6) is -0.273. The molecule has 0 radical (unpaired) electrons. The Morgan fingerprint density at radius 2 is 1.72 bits per heavy atom. The predicted molar refractivity (Wildman–Crippen MR) is 120 cm³/mol. The van der Waals surface area contributed by atoms with Crippen molar-refractivity contribution >= 4 is 6.03 Å². The van der Waals surface area contributed by atoms with Crippen LogP contribution in [0, 0.1) is 11.6 Å². The second-order valence-corrected chi connectivity index (χ2v) is 8.25. The smallest absolute Gasteiger partial charge is 0.317 e. The van der Waals surface area contributed by atoms with E-state index in [0.717, 1.165) is 29.7 Å². The van der Waals surface area contributed by atoms with Crippen LogP contribution in [0.2, 0.25) is 0 Å². The van der Waals surface area contributed by atoms with E-state index in [9.17, 15) is 13.6 Å². The van der Waals surface area contributed by atoms with Gasteiger partial charge >= 0.3 is 6.03 Å². The Labute approximate surface area is 187 Å². The minimum atomic E-state index is -0.272. The highest BCUT2D eigenvalue weighted by atomic mass is 19.1. The highest BCUT2D eigenvalue weighted by Crippen LogP contribution is 2.33. The van der Waals surface area contributed by atoms with Crippen LogP contribution in [0.15, 0.2) is 72.9 Å². The van der Waals surface area contributed by atoms with Gasteiger partial charge in [0.05, 0.1) is 0 Å². The van der Waals surface area contributed by atoms with Gasteiger partial charge in [-0.05, 0) is 72.7 Å². The number of carbonyl (C=O) groups is 1. The Balaban J connectivity index is 1.44. The molecule has 2 heterocycles. The van der Waals surface area contributed by atoms with Crippen molar-refractivity contribution in [3.63, 3.8) is 0 Å². The Morgan fingerprint density at radius 3 is 2.41 bits per heavy atom. The number of benzene rings is 2. The average molecular weight is 436 g/mol. The minimum absolute atomic E-state index is 0.0286. The van der Waals surface area contributed by atoms with Crippen molar-refractivity contribution < 1.29 is 13.6 Å². The second-order valence-electron chi connectivity index (χ2n) is 8.25. The van der Waals surface area contributed by atoms with Crippen molar-refractivity contribution in [2.75, 3.05) is 13.1 Å². The molecular weight excluding hydrogens is 408 g/mol. The lowest BCUT2D eigenvalue weighted by Gasteiger charge is -2.40. The van der Waals surface area contributed by atoms with Gasteiger partial charge in [0, 0.05) is 37.4 Å². The molecule has 0 saturated carbocycles. The molecule has 32 heavy (non-hydrogen) atoms. The Bertz CT molecular complexity index is 1010. The van der Waals surface area contributed by atoms with Crippen LogP contribution in [0.4, 0.5) is 13.6 Å². The van der Waals surface area contributed by atoms with Crippen LogP contribution in [0.1, 0.15) is 35.6 Å². The molecule has 0 bridgehead atoms. The fraction of sp³-hybridized carbons (Fsp3) is 0.308. The molecule has 1 aromatic heterocycles. The zero-order valence-corrected chi connectivity index (χ0v) is 17.9.